The van der Waals surface area contributed by atoms with Crippen LogP contribution in [0.25, 0.3) is 0 Å². The predicted molar refractivity (Wildman–Crippen MR) is 65.4 cm³/mol. The Hall–Kier alpha value is -1.03. The first kappa shape index (κ1) is 15.0. The van der Waals surface area contributed by atoms with Gasteiger partial charge in [0.2, 0.25) is 0 Å². The maximum atomic E-state index is 13.0. The number of alkyl halides is 3. The third-order valence-corrected chi connectivity index (χ3v) is 2.93. The Morgan fingerprint density at radius 3 is 2.06 bits per heavy atom. The van der Waals surface area contributed by atoms with E-state index in [4.69, 9.17) is 0 Å². The first-order chi connectivity index (χ1) is 8.07. The molecule has 0 heterocycles. The fourth-order valence-corrected chi connectivity index (χ4v) is 1.89. The maximum Gasteiger partial charge on any atom is 0.416 e. The second-order valence-corrected chi connectivity index (χ2v) is 5.48. The summed E-state index contributed by atoms with van der Waals surface area (Å²) in [5.41, 5.74) is -0.666. The molecule has 0 aromatic heterocycles. The normalized spacial score (nSPS) is 14.7. The molecular weight excluding hydrogens is 241 g/mol. The molecule has 1 unspecified atom stereocenters. The van der Waals surface area contributed by atoms with Gasteiger partial charge in [-0.3, -0.25) is 0 Å². The summed E-state index contributed by atoms with van der Waals surface area (Å²) >= 11 is 0. The first-order valence-electron chi connectivity index (χ1n) is 5.97. The lowest BCUT2D eigenvalue weighted by atomic mass is 9.82. The van der Waals surface area contributed by atoms with E-state index in [9.17, 15) is 18.3 Å². The lowest BCUT2D eigenvalue weighted by molar-refractivity contribution is -0.138. The molecule has 0 spiro atoms. The number of rotatable bonds is 2. The zero-order valence-corrected chi connectivity index (χ0v) is 11.1. The van der Waals surface area contributed by atoms with E-state index >= 15 is 0 Å². The summed E-state index contributed by atoms with van der Waals surface area (Å²) in [5, 5.41) is 9.65. The van der Waals surface area contributed by atoms with Gasteiger partial charge in [0.05, 0.1) is 11.7 Å². The highest BCUT2D eigenvalue weighted by Crippen LogP contribution is 2.38. The highest BCUT2D eigenvalue weighted by molar-refractivity contribution is 5.39. The van der Waals surface area contributed by atoms with Crippen LogP contribution in [0.4, 0.5) is 13.2 Å². The number of benzene rings is 1. The Balaban J connectivity index is 3.40. The van der Waals surface area contributed by atoms with Gasteiger partial charge in [-0.25, -0.2) is 0 Å². The number of aliphatic hydroxyl groups is 1. The molecule has 1 atom stereocenters. The fourth-order valence-electron chi connectivity index (χ4n) is 1.89. The molecule has 0 saturated carbocycles. The minimum absolute atomic E-state index is 0.252. The van der Waals surface area contributed by atoms with Crippen molar-refractivity contribution >= 4 is 0 Å². The van der Waals surface area contributed by atoms with Crippen LogP contribution < -0.4 is 0 Å². The van der Waals surface area contributed by atoms with Crippen LogP contribution in [0.3, 0.4) is 0 Å². The van der Waals surface area contributed by atoms with Crippen molar-refractivity contribution in [1.82, 2.24) is 0 Å². The minimum Gasteiger partial charge on any atom is -0.388 e. The minimum atomic E-state index is -4.40. The summed E-state index contributed by atoms with van der Waals surface area (Å²) in [6, 6.07) is 4.11. The third-order valence-electron chi connectivity index (χ3n) is 2.93. The lowest BCUT2D eigenvalue weighted by Crippen LogP contribution is -2.20. The molecule has 102 valence electrons. The van der Waals surface area contributed by atoms with E-state index in [1.54, 1.807) is 33.8 Å². The van der Waals surface area contributed by atoms with E-state index in [-0.39, 0.29) is 5.56 Å². The Morgan fingerprint density at radius 1 is 1.11 bits per heavy atom. The second kappa shape index (κ2) is 4.92. The monoisotopic (exact) mass is 260 g/mol. The van der Waals surface area contributed by atoms with Crippen LogP contribution >= 0.6 is 0 Å². The van der Waals surface area contributed by atoms with E-state index < -0.39 is 23.3 Å². The summed E-state index contributed by atoms with van der Waals surface area (Å²) in [6.45, 7) is 6.96. The molecule has 1 N–H and O–H groups in total. The SMILES string of the molecule is CCC(O)c1ccc(C(C)(C)C)c(C(F)(F)F)c1. The van der Waals surface area contributed by atoms with Gasteiger partial charge < -0.3 is 5.11 Å². The molecule has 0 amide bonds. The summed E-state index contributed by atoms with van der Waals surface area (Å²) in [5.74, 6) is 0. The molecule has 1 rings (SSSR count). The molecule has 0 aliphatic rings. The quantitative estimate of drug-likeness (QED) is 0.833. The van der Waals surface area contributed by atoms with Crippen molar-refractivity contribution in [3.05, 3.63) is 34.9 Å². The molecule has 1 aromatic rings. The second-order valence-electron chi connectivity index (χ2n) is 5.48. The number of halogens is 3. The number of aliphatic hydroxyl groups excluding tert-OH is 1. The van der Waals surface area contributed by atoms with Gasteiger partial charge in [0.1, 0.15) is 0 Å². The van der Waals surface area contributed by atoms with Crippen LogP contribution in [0.1, 0.15) is 56.9 Å². The van der Waals surface area contributed by atoms with Crippen LogP contribution in [0, 0.1) is 0 Å². The predicted octanol–water partition coefficient (Wildman–Crippen LogP) is 4.45. The van der Waals surface area contributed by atoms with Crippen LogP contribution in [-0.2, 0) is 11.6 Å². The van der Waals surface area contributed by atoms with Gasteiger partial charge in [0.15, 0.2) is 0 Å². The van der Waals surface area contributed by atoms with Crippen molar-refractivity contribution in [2.24, 2.45) is 0 Å². The Bertz CT molecular complexity index is 416. The Labute approximate surface area is 106 Å². The molecule has 4 heteroatoms. The van der Waals surface area contributed by atoms with Crippen LogP contribution in [0.2, 0.25) is 0 Å². The van der Waals surface area contributed by atoms with Gasteiger partial charge in [0, 0.05) is 0 Å². The summed E-state index contributed by atoms with van der Waals surface area (Å²) < 4.78 is 39.1. The van der Waals surface area contributed by atoms with E-state index in [2.05, 4.69) is 0 Å². The maximum absolute atomic E-state index is 13.0. The number of hydrogen-bond acceptors (Lipinski definition) is 1. The van der Waals surface area contributed by atoms with Crippen molar-refractivity contribution in [2.45, 2.75) is 51.8 Å². The molecule has 0 aliphatic carbocycles. The van der Waals surface area contributed by atoms with Crippen molar-refractivity contribution < 1.29 is 18.3 Å². The van der Waals surface area contributed by atoms with Crippen molar-refractivity contribution in [1.29, 1.82) is 0 Å². The highest BCUT2D eigenvalue weighted by Gasteiger charge is 2.36. The van der Waals surface area contributed by atoms with Crippen LogP contribution in [-0.4, -0.2) is 5.11 Å². The first-order valence-corrected chi connectivity index (χ1v) is 5.97. The van der Waals surface area contributed by atoms with Gasteiger partial charge in [-0.05, 0) is 29.0 Å². The zero-order chi connectivity index (χ0) is 14.1. The molecule has 18 heavy (non-hydrogen) atoms. The third kappa shape index (κ3) is 3.25. The molecule has 0 saturated heterocycles. The van der Waals surface area contributed by atoms with E-state index in [0.717, 1.165) is 6.07 Å². The van der Waals surface area contributed by atoms with Crippen LogP contribution in [0.15, 0.2) is 18.2 Å². The van der Waals surface area contributed by atoms with E-state index in [0.29, 0.717) is 12.0 Å². The Kier molecular flexibility index (Phi) is 4.11. The summed E-state index contributed by atoms with van der Waals surface area (Å²) in [7, 11) is 0. The smallest absolute Gasteiger partial charge is 0.388 e. The molecule has 0 fully saturated rings. The average molecular weight is 260 g/mol. The van der Waals surface area contributed by atoms with Crippen molar-refractivity contribution in [3.8, 4) is 0 Å². The van der Waals surface area contributed by atoms with Gasteiger partial charge in [-0.2, -0.15) is 13.2 Å². The van der Waals surface area contributed by atoms with Crippen molar-refractivity contribution in [3.63, 3.8) is 0 Å². The molecule has 0 bridgehead atoms. The van der Waals surface area contributed by atoms with E-state index in [1.165, 1.54) is 6.07 Å². The largest absolute Gasteiger partial charge is 0.416 e. The number of hydrogen-bond donors (Lipinski definition) is 1. The topological polar surface area (TPSA) is 20.2 Å². The zero-order valence-electron chi connectivity index (χ0n) is 11.1. The van der Waals surface area contributed by atoms with E-state index in [1.807, 2.05) is 0 Å². The van der Waals surface area contributed by atoms with Crippen molar-refractivity contribution in [2.75, 3.05) is 0 Å². The van der Waals surface area contributed by atoms with Gasteiger partial charge in [-0.15, -0.1) is 0 Å². The van der Waals surface area contributed by atoms with Crippen LogP contribution in [0.5, 0.6) is 0 Å². The standard InChI is InChI=1S/C14H19F3O/c1-5-12(18)9-6-7-10(13(2,3)4)11(8-9)14(15,16)17/h6-8,12,18H,5H2,1-4H3. The molecular formula is C14H19F3O. The average Bonchev–Trinajstić information content (AvgIpc) is 2.24. The lowest BCUT2D eigenvalue weighted by Gasteiger charge is -2.25. The Morgan fingerprint density at radius 2 is 1.67 bits per heavy atom. The van der Waals surface area contributed by atoms with Gasteiger partial charge in [0.25, 0.3) is 0 Å². The summed E-state index contributed by atoms with van der Waals surface area (Å²) in [6.07, 6.45) is -4.85. The molecule has 1 aromatic carbocycles. The molecule has 1 nitrogen and oxygen atoms in total. The summed E-state index contributed by atoms with van der Waals surface area (Å²) in [4.78, 5) is 0. The van der Waals surface area contributed by atoms with Gasteiger partial charge >= 0.3 is 6.18 Å². The molecule has 0 radical (unpaired) electrons. The molecule has 0 aliphatic heterocycles. The fraction of sp³-hybridized carbons (Fsp3) is 0.571. The highest BCUT2D eigenvalue weighted by atomic mass is 19.4. The van der Waals surface area contributed by atoms with Gasteiger partial charge in [-0.1, -0.05) is 39.8 Å².